The van der Waals surface area contributed by atoms with Gasteiger partial charge >= 0.3 is 0 Å². The van der Waals surface area contributed by atoms with Gasteiger partial charge < -0.3 is 20.5 Å². The van der Waals surface area contributed by atoms with E-state index in [0.29, 0.717) is 11.5 Å². The maximum Gasteiger partial charge on any atom is 0.161 e. The number of methoxy groups -OCH3 is 2. The van der Waals surface area contributed by atoms with E-state index in [-0.39, 0.29) is 6.04 Å². The number of ether oxygens (including phenoxy) is 2. The molecule has 1 unspecified atom stereocenters. The quantitative estimate of drug-likeness (QED) is 0.277. The molecule has 0 bridgehead atoms. The molecule has 0 aliphatic heterocycles. The van der Waals surface area contributed by atoms with Crippen LogP contribution in [0.2, 0.25) is 0 Å². The monoisotopic (exact) mass is 281 g/mol. The third kappa shape index (κ3) is 4.01. The highest BCUT2D eigenvalue weighted by Crippen LogP contribution is 2.32. The van der Waals surface area contributed by atoms with E-state index in [4.69, 9.17) is 21.1 Å². The number of nitrogens with one attached hydrogen (secondary N) is 1. The third-order valence-corrected chi connectivity index (χ3v) is 2.98. The number of benzene rings is 1. The van der Waals surface area contributed by atoms with Crippen molar-refractivity contribution in [3.05, 3.63) is 23.8 Å². The molecule has 0 saturated heterocycles. The largest absolute Gasteiger partial charge is 0.493 e. The van der Waals surface area contributed by atoms with Gasteiger partial charge in [-0.3, -0.25) is 0 Å². The first-order valence-corrected chi connectivity index (χ1v) is 6.32. The maximum atomic E-state index is 5.92. The Morgan fingerprint density at radius 3 is 2.60 bits per heavy atom. The van der Waals surface area contributed by atoms with Gasteiger partial charge in [-0.25, -0.2) is 11.0 Å². The smallest absolute Gasteiger partial charge is 0.161 e. The van der Waals surface area contributed by atoms with Gasteiger partial charge in [-0.1, -0.05) is 6.07 Å². The molecule has 0 spiro atoms. The first-order valence-electron chi connectivity index (χ1n) is 6.32. The minimum absolute atomic E-state index is 0.109. The second kappa shape index (κ2) is 8.23. The zero-order valence-corrected chi connectivity index (χ0v) is 12.2. The number of hydrazone groups is 1. The molecule has 0 aliphatic rings. The molecule has 0 aromatic heterocycles. The molecule has 1 aromatic rings. The van der Waals surface area contributed by atoms with E-state index in [2.05, 4.69) is 10.4 Å². The van der Waals surface area contributed by atoms with Crippen LogP contribution in [-0.4, -0.2) is 39.3 Å². The average molecular weight is 281 g/mol. The summed E-state index contributed by atoms with van der Waals surface area (Å²) in [5.74, 6) is 7.25. The van der Waals surface area contributed by atoms with E-state index < -0.39 is 0 Å². The van der Waals surface area contributed by atoms with E-state index in [1.54, 1.807) is 14.2 Å². The lowest BCUT2D eigenvalue weighted by atomic mass is 10.0. The summed E-state index contributed by atoms with van der Waals surface area (Å²) in [6, 6.07) is 5.57. The Hall–Kier alpha value is -1.99. The molecule has 0 heterocycles. The summed E-state index contributed by atoms with van der Waals surface area (Å²) in [4.78, 5) is 0. The van der Waals surface area contributed by atoms with Crippen molar-refractivity contribution in [1.82, 2.24) is 10.4 Å². The van der Waals surface area contributed by atoms with Crippen molar-refractivity contribution >= 4 is 6.34 Å². The van der Waals surface area contributed by atoms with Crippen LogP contribution in [0.4, 0.5) is 0 Å². The maximum absolute atomic E-state index is 5.92. The van der Waals surface area contributed by atoms with Crippen LogP contribution in [0.25, 0.3) is 0 Å². The average Bonchev–Trinajstić information content (AvgIpc) is 2.47. The number of hydrazine groups is 1. The number of rotatable bonds is 8. The Morgan fingerprint density at radius 2 is 2.05 bits per heavy atom. The highest BCUT2D eigenvalue weighted by molar-refractivity contribution is 5.50. The summed E-state index contributed by atoms with van der Waals surface area (Å²) in [6.45, 7) is 0.798. The van der Waals surface area contributed by atoms with Crippen LogP contribution >= 0.6 is 0 Å². The lowest BCUT2D eigenvalue weighted by Gasteiger charge is -2.25. The number of nitrogens with zero attached hydrogens (tertiary/aromatic N) is 2. The Balaban J connectivity index is 3.05. The zero-order chi connectivity index (χ0) is 15.0. The summed E-state index contributed by atoms with van der Waals surface area (Å²) < 4.78 is 10.5. The molecule has 5 N–H and O–H groups in total. The van der Waals surface area contributed by atoms with Crippen molar-refractivity contribution in [2.75, 3.05) is 27.8 Å². The zero-order valence-electron chi connectivity index (χ0n) is 12.2. The van der Waals surface area contributed by atoms with Gasteiger partial charge in [-0.05, 0) is 37.7 Å². The molecule has 20 heavy (non-hydrogen) atoms. The molecule has 0 fully saturated rings. The van der Waals surface area contributed by atoms with Gasteiger partial charge in [-0.2, -0.15) is 5.10 Å². The van der Waals surface area contributed by atoms with Crippen LogP contribution in [0, 0.1) is 0 Å². The Bertz CT molecular complexity index is 439. The minimum Gasteiger partial charge on any atom is -0.493 e. The van der Waals surface area contributed by atoms with Crippen LogP contribution in [-0.2, 0) is 0 Å². The second-order valence-corrected chi connectivity index (χ2v) is 4.17. The van der Waals surface area contributed by atoms with E-state index in [1.165, 1.54) is 11.5 Å². The number of hydrogen-bond acceptors (Lipinski definition) is 6. The highest BCUT2D eigenvalue weighted by atomic mass is 16.5. The molecule has 7 nitrogen and oxygen atoms in total. The van der Waals surface area contributed by atoms with Gasteiger partial charge in [0, 0.05) is 0 Å². The van der Waals surface area contributed by atoms with Crippen LogP contribution in [0.15, 0.2) is 23.3 Å². The van der Waals surface area contributed by atoms with Gasteiger partial charge in [0.15, 0.2) is 11.5 Å². The summed E-state index contributed by atoms with van der Waals surface area (Å²) in [6.07, 6.45) is 1.95. The number of hydrogen-bond donors (Lipinski definition) is 3. The van der Waals surface area contributed by atoms with Crippen molar-refractivity contribution in [3.8, 4) is 11.5 Å². The fourth-order valence-corrected chi connectivity index (χ4v) is 1.95. The van der Waals surface area contributed by atoms with E-state index in [1.807, 2.05) is 25.2 Å². The standard InChI is InChI=1S/C13H23N5O2/c1-16-7-6-11(18(15)17-9-14)10-4-5-12(19-2)13(8-10)20-3/h4-5,8-9,11,16H,6-7,15H2,1-3H3,(H2,14,17). The topological polar surface area (TPSA) is 98.1 Å². The lowest BCUT2D eigenvalue weighted by molar-refractivity contribution is 0.201. The van der Waals surface area contributed by atoms with Crippen LogP contribution < -0.4 is 26.4 Å². The predicted octanol–water partition coefficient (Wildman–Crippen LogP) is 0.432. The number of nitrogens with two attached hydrogens (primary N) is 2. The molecule has 0 radical (unpaired) electrons. The van der Waals surface area contributed by atoms with Crippen LogP contribution in [0.1, 0.15) is 18.0 Å². The predicted molar refractivity (Wildman–Crippen MR) is 79.5 cm³/mol. The fourth-order valence-electron chi connectivity index (χ4n) is 1.95. The molecule has 0 amide bonds. The lowest BCUT2D eigenvalue weighted by Crippen LogP contribution is -2.32. The van der Waals surface area contributed by atoms with E-state index in [9.17, 15) is 0 Å². The van der Waals surface area contributed by atoms with Gasteiger partial charge in [0.05, 0.1) is 20.3 Å². The van der Waals surface area contributed by atoms with Crippen molar-refractivity contribution in [2.24, 2.45) is 16.7 Å². The van der Waals surface area contributed by atoms with E-state index >= 15 is 0 Å². The van der Waals surface area contributed by atoms with Crippen LogP contribution in [0.3, 0.4) is 0 Å². The summed E-state index contributed by atoms with van der Waals surface area (Å²) >= 11 is 0. The fraction of sp³-hybridized carbons (Fsp3) is 0.462. The first-order chi connectivity index (χ1) is 9.67. The van der Waals surface area contributed by atoms with E-state index in [0.717, 1.165) is 18.5 Å². The van der Waals surface area contributed by atoms with Crippen molar-refractivity contribution < 1.29 is 9.47 Å². The Kier molecular flexibility index (Phi) is 6.61. The second-order valence-electron chi connectivity index (χ2n) is 4.17. The molecular formula is C13H23N5O2. The highest BCUT2D eigenvalue weighted by Gasteiger charge is 2.18. The molecule has 0 saturated carbocycles. The third-order valence-electron chi connectivity index (χ3n) is 2.98. The normalized spacial score (nSPS) is 12.4. The Labute approximate surface area is 119 Å². The van der Waals surface area contributed by atoms with Gasteiger partial charge in [0.2, 0.25) is 0 Å². The SMILES string of the molecule is CNCCC(c1ccc(OC)c(OC)c1)N(N)/N=C\N. The summed E-state index contributed by atoms with van der Waals surface area (Å²) in [5, 5.41) is 8.36. The molecular weight excluding hydrogens is 258 g/mol. The minimum atomic E-state index is -0.109. The molecule has 0 aliphatic carbocycles. The van der Waals surface area contributed by atoms with Crippen molar-refractivity contribution in [1.29, 1.82) is 0 Å². The molecule has 1 aromatic carbocycles. The van der Waals surface area contributed by atoms with Gasteiger partial charge in [0.1, 0.15) is 6.34 Å². The molecule has 7 heteroatoms. The van der Waals surface area contributed by atoms with Crippen molar-refractivity contribution in [3.63, 3.8) is 0 Å². The van der Waals surface area contributed by atoms with Crippen molar-refractivity contribution in [2.45, 2.75) is 12.5 Å². The summed E-state index contributed by atoms with van der Waals surface area (Å²) in [5.41, 5.74) is 6.28. The molecule has 1 atom stereocenters. The molecule has 1 rings (SSSR count). The van der Waals surface area contributed by atoms with Gasteiger partial charge in [0.25, 0.3) is 0 Å². The summed E-state index contributed by atoms with van der Waals surface area (Å²) in [7, 11) is 5.09. The van der Waals surface area contributed by atoms with Gasteiger partial charge in [-0.15, -0.1) is 0 Å². The Morgan fingerprint density at radius 1 is 1.35 bits per heavy atom. The van der Waals surface area contributed by atoms with Crippen LogP contribution in [0.5, 0.6) is 11.5 Å². The molecule has 112 valence electrons. The first kappa shape index (κ1) is 16.1.